The molecule has 1 aromatic heterocycles. The van der Waals surface area contributed by atoms with Crippen LogP contribution >= 0.6 is 15.9 Å². The van der Waals surface area contributed by atoms with Crippen LogP contribution in [0.3, 0.4) is 0 Å². The van der Waals surface area contributed by atoms with Gasteiger partial charge in [0.05, 0.1) is 5.56 Å². The Hall–Kier alpha value is -1.09. The average Bonchev–Trinajstić information content (AvgIpc) is 2.08. The Morgan fingerprint density at radius 3 is 2.62 bits per heavy atom. The number of nitriles is 1. The van der Waals surface area contributed by atoms with Crippen LogP contribution < -0.4 is 0 Å². The molecule has 0 saturated heterocycles. The van der Waals surface area contributed by atoms with E-state index in [0.29, 0.717) is 0 Å². The lowest BCUT2D eigenvalue weighted by Gasteiger charge is -2.02. The zero-order valence-corrected chi connectivity index (χ0v) is 7.65. The van der Waals surface area contributed by atoms with Gasteiger partial charge in [-0.15, -0.1) is 0 Å². The van der Waals surface area contributed by atoms with Gasteiger partial charge in [-0.3, -0.25) is 0 Å². The molecule has 0 amide bonds. The molecule has 0 N–H and O–H groups in total. The van der Waals surface area contributed by atoms with Crippen LogP contribution in [-0.4, -0.2) is 4.98 Å². The van der Waals surface area contributed by atoms with E-state index in [4.69, 9.17) is 5.26 Å². The monoisotopic (exact) mass is 250 g/mol. The number of rotatable bonds is 1. The summed E-state index contributed by atoms with van der Waals surface area (Å²) in [5, 5.41) is 8.38. The molecular formula is C7H2BrF3N2. The Morgan fingerprint density at radius 2 is 2.15 bits per heavy atom. The Bertz CT molecular complexity index is 373. The molecule has 0 atom stereocenters. The van der Waals surface area contributed by atoms with Crippen LogP contribution in [0.1, 0.15) is 17.7 Å². The molecule has 0 spiro atoms. The highest BCUT2D eigenvalue weighted by atomic mass is 79.9. The van der Waals surface area contributed by atoms with Crippen molar-refractivity contribution in [3.63, 3.8) is 0 Å². The van der Waals surface area contributed by atoms with Crippen LogP contribution in [0, 0.1) is 17.1 Å². The number of alkyl halides is 2. The molecule has 68 valence electrons. The molecular weight excluding hydrogens is 249 g/mol. The summed E-state index contributed by atoms with van der Waals surface area (Å²) in [4.78, 5) is 3.21. The topological polar surface area (TPSA) is 36.7 Å². The van der Waals surface area contributed by atoms with Crippen molar-refractivity contribution in [2.45, 2.75) is 6.43 Å². The summed E-state index contributed by atoms with van der Waals surface area (Å²) in [7, 11) is 0. The van der Waals surface area contributed by atoms with Gasteiger partial charge in [0.2, 0.25) is 0 Å². The molecule has 1 aromatic rings. The third-order valence-electron chi connectivity index (χ3n) is 1.29. The Kier molecular flexibility index (Phi) is 2.88. The lowest BCUT2D eigenvalue weighted by atomic mass is 10.2. The molecule has 6 heteroatoms. The van der Waals surface area contributed by atoms with E-state index in [-0.39, 0.29) is 4.60 Å². The van der Waals surface area contributed by atoms with Crippen molar-refractivity contribution in [1.29, 1.82) is 5.26 Å². The first-order valence-corrected chi connectivity index (χ1v) is 3.89. The van der Waals surface area contributed by atoms with Crippen molar-refractivity contribution in [2.24, 2.45) is 0 Å². The molecule has 0 unspecified atom stereocenters. The second kappa shape index (κ2) is 3.75. The fourth-order valence-electron chi connectivity index (χ4n) is 0.735. The molecule has 1 heterocycles. The van der Waals surface area contributed by atoms with E-state index in [9.17, 15) is 13.2 Å². The Balaban J connectivity index is 3.35. The van der Waals surface area contributed by atoms with E-state index in [1.807, 2.05) is 0 Å². The average molecular weight is 251 g/mol. The van der Waals surface area contributed by atoms with Crippen LogP contribution in [0.4, 0.5) is 13.2 Å². The maximum Gasteiger partial charge on any atom is 0.281 e. The summed E-state index contributed by atoms with van der Waals surface area (Å²) in [6, 6.07) is 2.16. The third-order valence-corrected chi connectivity index (χ3v) is 1.85. The maximum absolute atomic E-state index is 12.7. The van der Waals surface area contributed by atoms with E-state index in [1.54, 1.807) is 0 Å². The smallest absolute Gasteiger partial charge is 0.235 e. The van der Waals surface area contributed by atoms with Gasteiger partial charge in [0.1, 0.15) is 16.4 Å². The quantitative estimate of drug-likeness (QED) is 0.719. The van der Waals surface area contributed by atoms with E-state index >= 15 is 0 Å². The minimum absolute atomic E-state index is 0.318. The standard InChI is InChI=1S/C7H2BrF3N2/c8-6-4(9)1-3(2-12)5(13-6)7(10)11/h1,7H. The number of nitrogens with zero attached hydrogens (tertiary/aromatic N) is 2. The van der Waals surface area contributed by atoms with Crippen LogP contribution in [-0.2, 0) is 0 Å². The normalized spacial score (nSPS) is 10.2. The molecule has 0 bridgehead atoms. The fourth-order valence-corrected chi connectivity index (χ4v) is 1.04. The molecule has 0 aliphatic carbocycles. The largest absolute Gasteiger partial charge is 0.281 e. The highest BCUT2D eigenvalue weighted by Crippen LogP contribution is 2.24. The minimum atomic E-state index is -2.88. The SMILES string of the molecule is N#Cc1cc(F)c(Br)nc1C(F)F. The van der Waals surface area contributed by atoms with Crippen molar-refractivity contribution in [3.05, 3.63) is 27.7 Å². The lowest BCUT2D eigenvalue weighted by Crippen LogP contribution is -1.98. The predicted molar refractivity (Wildman–Crippen MR) is 41.6 cm³/mol. The van der Waals surface area contributed by atoms with E-state index in [2.05, 4.69) is 20.9 Å². The molecule has 0 aromatic carbocycles. The second-order valence-corrected chi connectivity index (χ2v) is 2.86. The predicted octanol–water partition coefficient (Wildman–Crippen LogP) is 2.79. The van der Waals surface area contributed by atoms with Gasteiger partial charge in [0, 0.05) is 0 Å². The van der Waals surface area contributed by atoms with Gasteiger partial charge in [0.15, 0.2) is 5.82 Å². The zero-order chi connectivity index (χ0) is 10.0. The Morgan fingerprint density at radius 1 is 1.54 bits per heavy atom. The third kappa shape index (κ3) is 1.98. The number of aromatic nitrogens is 1. The molecule has 2 nitrogen and oxygen atoms in total. The van der Waals surface area contributed by atoms with Crippen LogP contribution in [0.2, 0.25) is 0 Å². The van der Waals surface area contributed by atoms with Crippen molar-refractivity contribution in [1.82, 2.24) is 4.98 Å². The second-order valence-electron chi connectivity index (χ2n) is 2.11. The van der Waals surface area contributed by atoms with E-state index in [1.165, 1.54) is 6.07 Å². The summed E-state index contributed by atoms with van der Waals surface area (Å²) >= 11 is 2.65. The summed E-state index contributed by atoms with van der Waals surface area (Å²) in [6.07, 6.45) is -2.88. The van der Waals surface area contributed by atoms with E-state index < -0.39 is 23.5 Å². The van der Waals surface area contributed by atoms with Gasteiger partial charge >= 0.3 is 0 Å². The van der Waals surface area contributed by atoms with Gasteiger partial charge in [-0.25, -0.2) is 18.2 Å². The van der Waals surface area contributed by atoms with Crippen LogP contribution in [0.5, 0.6) is 0 Å². The van der Waals surface area contributed by atoms with Crippen molar-refractivity contribution >= 4 is 15.9 Å². The van der Waals surface area contributed by atoms with Crippen LogP contribution in [0.25, 0.3) is 0 Å². The molecule has 0 saturated carbocycles. The van der Waals surface area contributed by atoms with Gasteiger partial charge in [-0.1, -0.05) is 0 Å². The first-order valence-electron chi connectivity index (χ1n) is 3.10. The molecule has 0 radical (unpaired) electrons. The minimum Gasteiger partial charge on any atom is -0.235 e. The van der Waals surface area contributed by atoms with Gasteiger partial charge in [-0.2, -0.15) is 5.26 Å². The van der Waals surface area contributed by atoms with E-state index in [0.717, 1.165) is 6.07 Å². The Labute approximate surface area is 80.1 Å². The molecule has 0 fully saturated rings. The maximum atomic E-state index is 12.7. The molecule has 0 aliphatic heterocycles. The summed E-state index contributed by atoms with van der Waals surface area (Å²) in [6.45, 7) is 0. The summed E-state index contributed by atoms with van der Waals surface area (Å²) in [5.74, 6) is -0.832. The number of pyridine rings is 1. The van der Waals surface area contributed by atoms with Gasteiger partial charge < -0.3 is 0 Å². The number of hydrogen-bond acceptors (Lipinski definition) is 2. The number of halogens is 4. The van der Waals surface area contributed by atoms with Crippen molar-refractivity contribution in [3.8, 4) is 6.07 Å². The highest BCUT2D eigenvalue weighted by molar-refractivity contribution is 9.10. The molecule has 13 heavy (non-hydrogen) atoms. The molecule has 1 rings (SSSR count). The summed E-state index contributed by atoms with van der Waals surface area (Å²) in [5.41, 5.74) is -1.16. The lowest BCUT2D eigenvalue weighted by molar-refractivity contribution is 0.145. The zero-order valence-electron chi connectivity index (χ0n) is 6.06. The van der Waals surface area contributed by atoms with Crippen LogP contribution in [0.15, 0.2) is 10.7 Å². The first-order chi connectivity index (χ1) is 6.06. The highest BCUT2D eigenvalue weighted by Gasteiger charge is 2.17. The van der Waals surface area contributed by atoms with Crippen molar-refractivity contribution in [2.75, 3.05) is 0 Å². The molecule has 0 aliphatic rings. The summed E-state index contributed by atoms with van der Waals surface area (Å²) < 4.78 is 36.7. The van der Waals surface area contributed by atoms with Gasteiger partial charge in [-0.05, 0) is 22.0 Å². The van der Waals surface area contributed by atoms with Crippen molar-refractivity contribution < 1.29 is 13.2 Å². The number of hydrogen-bond donors (Lipinski definition) is 0. The van der Waals surface area contributed by atoms with Gasteiger partial charge in [0.25, 0.3) is 6.43 Å². The first kappa shape index (κ1) is 9.99. The fraction of sp³-hybridized carbons (Fsp3) is 0.143.